The van der Waals surface area contributed by atoms with Crippen LogP contribution in [0.1, 0.15) is 32.8 Å². The van der Waals surface area contributed by atoms with Gasteiger partial charge in [-0.05, 0) is 25.8 Å². The van der Waals surface area contributed by atoms with Crippen molar-refractivity contribution in [1.82, 2.24) is 5.32 Å². The Hall–Kier alpha value is -1.91. The average Bonchev–Trinajstić information content (AvgIpc) is 2.35. The van der Waals surface area contributed by atoms with E-state index >= 15 is 0 Å². The van der Waals surface area contributed by atoms with E-state index in [1.807, 2.05) is 0 Å². The van der Waals surface area contributed by atoms with Crippen molar-refractivity contribution >= 4 is 11.9 Å². The quantitative estimate of drug-likeness (QED) is 0.841. The van der Waals surface area contributed by atoms with Crippen LogP contribution in [-0.2, 0) is 15.0 Å². The summed E-state index contributed by atoms with van der Waals surface area (Å²) < 4.78 is 13.8. The Morgan fingerprint density at radius 2 is 1.95 bits per heavy atom. The molecule has 0 radical (unpaired) electrons. The fraction of sp³-hybridized carbons (Fsp3) is 0.467. The van der Waals surface area contributed by atoms with Gasteiger partial charge in [0.05, 0.1) is 5.41 Å². The standard InChI is InChI=1S/C15H20FNO3/c1-10(8-13(18)19)9-17-14(20)15(2,3)11-6-4-5-7-12(11)16/h4-7,10H,8-9H2,1-3H3,(H,17,20)(H,18,19). The summed E-state index contributed by atoms with van der Waals surface area (Å²) in [5.41, 5.74) is -0.683. The van der Waals surface area contributed by atoms with Crippen molar-refractivity contribution in [1.29, 1.82) is 0 Å². The predicted octanol–water partition coefficient (Wildman–Crippen LogP) is 2.33. The normalized spacial score (nSPS) is 12.8. The Kier molecular flexibility index (Phi) is 5.25. The molecule has 20 heavy (non-hydrogen) atoms. The highest BCUT2D eigenvalue weighted by molar-refractivity contribution is 5.87. The van der Waals surface area contributed by atoms with Crippen LogP contribution >= 0.6 is 0 Å². The molecule has 0 saturated heterocycles. The lowest BCUT2D eigenvalue weighted by Crippen LogP contribution is -2.42. The summed E-state index contributed by atoms with van der Waals surface area (Å²) in [5, 5.41) is 11.3. The van der Waals surface area contributed by atoms with E-state index in [1.165, 1.54) is 6.07 Å². The molecule has 1 aromatic rings. The lowest BCUT2D eigenvalue weighted by atomic mass is 9.83. The van der Waals surface area contributed by atoms with Gasteiger partial charge in [0.15, 0.2) is 0 Å². The van der Waals surface area contributed by atoms with Crippen LogP contribution in [0.2, 0.25) is 0 Å². The van der Waals surface area contributed by atoms with Gasteiger partial charge in [0.25, 0.3) is 0 Å². The van der Waals surface area contributed by atoms with Crippen LogP contribution in [0, 0.1) is 11.7 Å². The van der Waals surface area contributed by atoms with Crippen LogP contribution < -0.4 is 5.32 Å². The van der Waals surface area contributed by atoms with E-state index in [4.69, 9.17) is 5.11 Å². The minimum Gasteiger partial charge on any atom is -0.481 e. The van der Waals surface area contributed by atoms with Crippen molar-refractivity contribution in [2.45, 2.75) is 32.6 Å². The Morgan fingerprint density at radius 3 is 2.50 bits per heavy atom. The third kappa shape index (κ3) is 4.05. The van der Waals surface area contributed by atoms with Gasteiger partial charge in [0, 0.05) is 18.5 Å². The first-order valence-corrected chi connectivity index (χ1v) is 6.50. The maximum Gasteiger partial charge on any atom is 0.303 e. The van der Waals surface area contributed by atoms with E-state index in [2.05, 4.69) is 5.32 Å². The van der Waals surface area contributed by atoms with Crippen LogP contribution in [-0.4, -0.2) is 23.5 Å². The number of carbonyl (C=O) groups excluding carboxylic acids is 1. The van der Waals surface area contributed by atoms with Gasteiger partial charge >= 0.3 is 5.97 Å². The molecule has 1 aromatic carbocycles. The molecule has 0 bridgehead atoms. The Bertz CT molecular complexity index is 500. The van der Waals surface area contributed by atoms with Crippen molar-refractivity contribution in [3.05, 3.63) is 35.6 Å². The van der Waals surface area contributed by atoms with Crippen molar-refractivity contribution < 1.29 is 19.1 Å². The monoisotopic (exact) mass is 281 g/mol. The van der Waals surface area contributed by atoms with Crippen molar-refractivity contribution in [3.63, 3.8) is 0 Å². The van der Waals surface area contributed by atoms with Crippen LogP contribution in [0.15, 0.2) is 24.3 Å². The van der Waals surface area contributed by atoms with Gasteiger partial charge in [-0.2, -0.15) is 0 Å². The lowest BCUT2D eigenvalue weighted by Gasteiger charge is -2.25. The molecule has 1 unspecified atom stereocenters. The molecule has 5 heteroatoms. The first-order chi connectivity index (χ1) is 9.25. The summed E-state index contributed by atoms with van der Waals surface area (Å²) in [4.78, 5) is 22.7. The Labute approximate surface area is 118 Å². The molecule has 0 aliphatic carbocycles. The minimum absolute atomic E-state index is 0.0135. The Balaban J connectivity index is 2.71. The summed E-state index contributed by atoms with van der Waals surface area (Å²) in [6.07, 6.45) is -0.0135. The third-order valence-corrected chi connectivity index (χ3v) is 3.25. The van der Waals surface area contributed by atoms with E-state index < -0.39 is 17.2 Å². The number of aliphatic carboxylic acids is 1. The molecule has 1 atom stereocenters. The van der Waals surface area contributed by atoms with E-state index in [0.717, 1.165) is 0 Å². The second-order valence-electron chi connectivity index (χ2n) is 5.52. The SMILES string of the molecule is CC(CNC(=O)C(C)(C)c1ccccc1F)CC(=O)O. The number of rotatable bonds is 6. The predicted molar refractivity (Wildman–Crippen MR) is 73.9 cm³/mol. The van der Waals surface area contributed by atoms with Gasteiger partial charge in [0.1, 0.15) is 5.82 Å². The van der Waals surface area contributed by atoms with Crippen LogP contribution in [0.3, 0.4) is 0 Å². The second kappa shape index (κ2) is 6.50. The van der Waals surface area contributed by atoms with Gasteiger partial charge < -0.3 is 10.4 Å². The molecule has 0 aromatic heterocycles. The van der Waals surface area contributed by atoms with Crippen LogP contribution in [0.25, 0.3) is 0 Å². The highest BCUT2D eigenvalue weighted by Crippen LogP contribution is 2.25. The number of hydrogen-bond donors (Lipinski definition) is 2. The molecule has 0 aliphatic heterocycles. The summed E-state index contributed by atoms with van der Waals surface area (Å²) in [6.45, 7) is 5.28. The summed E-state index contributed by atoms with van der Waals surface area (Å²) in [5.74, 6) is -1.82. The number of hydrogen-bond acceptors (Lipinski definition) is 2. The highest BCUT2D eigenvalue weighted by atomic mass is 19.1. The molecule has 0 spiro atoms. The second-order valence-corrected chi connectivity index (χ2v) is 5.52. The molecular formula is C15H20FNO3. The van der Waals surface area contributed by atoms with Gasteiger partial charge in [0.2, 0.25) is 5.91 Å². The van der Waals surface area contributed by atoms with Gasteiger partial charge in [-0.15, -0.1) is 0 Å². The van der Waals surface area contributed by atoms with Gasteiger partial charge in [-0.25, -0.2) is 4.39 Å². The number of carbonyl (C=O) groups is 2. The number of amides is 1. The molecule has 4 nitrogen and oxygen atoms in total. The minimum atomic E-state index is -1.01. The first kappa shape index (κ1) is 16.1. The fourth-order valence-corrected chi connectivity index (χ4v) is 1.95. The fourth-order valence-electron chi connectivity index (χ4n) is 1.95. The zero-order chi connectivity index (χ0) is 15.3. The zero-order valence-electron chi connectivity index (χ0n) is 11.9. The van der Waals surface area contributed by atoms with E-state index in [1.54, 1.807) is 39.0 Å². The molecule has 1 amide bonds. The summed E-state index contributed by atoms with van der Waals surface area (Å²) in [7, 11) is 0. The highest BCUT2D eigenvalue weighted by Gasteiger charge is 2.32. The number of halogens is 1. The molecule has 1 rings (SSSR count). The van der Waals surface area contributed by atoms with E-state index in [9.17, 15) is 14.0 Å². The smallest absolute Gasteiger partial charge is 0.303 e. The third-order valence-electron chi connectivity index (χ3n) is 3.25. The average molecular weight is 281 g/mol. The number of carboxylic acids is 1. The summed E-state index contributed by atoms with van der Waals surface area (Å²) >= 11 is 0. The van der Waals surface area contributed by atoms with Crippen molar-refractivity contribution in [3.8, 4) is 0 Å². The Morgan fingerprint density at radius 1 is 1.35 bits per heavy atom. The largest absolute Gasteiger partial charge is 0.481 e. The van der Waals surface area contributed by atoms with E-state index in [0.29, 0.717) is 5.56 Å². The van der Waals surface area contributed by atoms with Crippen molar-refractivity contribution in [2.24, 2.45) is 5.92 Å². The van der Waals surface area contributed by atoms with Gasteiger partial charge in [-0.3, -0.25) is 9.59 Å². The van der Waals surface area contributed by atoms with Crippen molar-refractivity contribution in [2.75, 3.05) is 6.54 Å². The van der Waals surface area contributed by atoms with Gasteiger partial charge in [-0.1, -0.05) is 25.1 Å². The number of nitrogens with one attached hydrogen (secondary N) is 1. The molecule has 0 aliphatic rings. The molecule has 0 fully saturated rings. The first-order valence-electron chi connectivity index (χ1n) is 6.50. The van der Waals surface area contributed by atoms with Crippen LogP contribution in [0.5, 0.6) is 0 Å². The molecule has 0 saturated carbocycles. The molecule has 110 valence electrons. The maximum absolute atomic E-state index is 13.8. The molecular weight excluding hydrogens is 261 g/mol. The van der Waals surface area contributed by atoms with Crippen LogP contribution in [0.4, 0.5) is 4.39 Å². The lowest BCUT2D eigenvalue weighted by molar-refractivity contribution is -0.138. The topological polar surface area (TPSA) is 66.4 Å². The zero-order valence-corrected chi connectivity index (χ0v) is 11.9. The molecule has 2 N–H and O–H groups in total. The summed E-state index contributed by atoms with van der Waals surface area (Å²) in [6, 6.07) is 6.15. The van der Waals surface area contributed by atoms with E-state index in [-0.39, 0.29) is 24.8 Å². The molecule has 0 heterocycles. The maximum atomic E-state index is 13.8. The number of carboxylic acid groups (broad SMARTS) is 1. The number of benzene rings is 1.